The maximum atomic E-state index is 13.2. The lowest BCUT2D eigenvalue weighted by Gasteiger charge is -2.41. The second-order valence-corrected chi connectivity index (χ2v) is 7.09. The van der Waals surface area contributed by atoms with Gasteiger partial charge in [0.2, 0.25) is 0 Å². The molecule has 2 amide bonds. The van der Waals surface area contributed by atoms with E-state index >= 15 is 0 Å². The number of rotatable bonds is 3. The van der Waals surface area contributed by atoms with Crippen LogP contribution in [0.4, 0.5) is 19.3 Å². The van der Waals surface area contributed by atoms with Gasteiger partial charge in [0.15, 0.2) is 0 Å². The van der Waals surface area contributed by atoms with Crippen LogP contribution >= 0.6 is 0 Å². The molecule has 0 saturated heterocycles. The number of nitrogens with one attached hydrogen (secondary N) is 2. The van der Waals surface area contributed by atoms with Gasteiger partial charge in [0.05, 0.1) is 23.4 Å². The first-order chi connectivity index (χ1) is 14.5. The van der Waals surface area contributed by atoms with Gasteiger partial charge >= 0.3 is 6.03 Å². The van der Waals surface area contributed by atoms with Crippen molar-refractivity contribution in [1.82, 2.24) is 10.6 Å². The number of allylic oxidation sites excluding steroid dienone is 1. The molecule has 2 aromatic rings. The van der Waals surface area contributed by atoms with Gasteiger partial charge in [-0.1, -0.05) is 30.3 Å². The first-order valence-electron chi connectivity index (χ1n) is 9.66. The molecule has 30 heavy (non-hydrogen) atoms. The van der Waals surface area contributed by atoms with Gasteiger partial charge in [0.25, 0.3) is 6.43 Å². The van der Waals surface area contributed by atoms with E-state index in [4.69, 9.17) is 5.26 Å². The average Bonchev–Trinajstić information content (AvgIpc) is 2.78. The summed E-state index contributed by atoms with van der Waals surface area (Å²) in [7, 11) is 0. The highest BCUT2D eigenvalue weighted by atomic mass is 19.3. The van der Waals surface area contributed by atoms with Gasteiger partial charge in [0.1, 0.15) is 0 Å². The minimum absolute atomic E-state index is 0.128. The lowest BCUT2D eigenvalue weighted by atomic mass is 9.88. The maximum Gasteiger partial charge on any atom is 0.327 e. The maximum absolute atomic E-state index is 13.2. The van der Waals surface area contributed by atoms with Crippen LogP contribution < -0.4 is 15.5 Å². The fourth-order valence-electron chi connectivity index (χ4n) is 3.97. The smallest absolute Gasteiger partial charge is 0.327 e. The highest BCUT2D eigenvalue weighted by Gasteiger charge is 2.37. The van der Waals surface area contributed by atoms with Crippen LogP contribution in [0.2, 0.25) is 0 Å². The van der Waals surface area contributed by atoms with E-state index in [0.717, 1.165) is 22.5 Å². The molecular weight excluding hydrogens is 386 g/mol. The van der Waals surface area contributed by atoms with Crippen LogP contribution in [0.5, 0.6) is 0 Å². The van der Waals surface area contributed by atoms with E-state index < -0.39 is 12.5 Å². The predicted molar refractivity (Wildman–Crippen MR) is 110 cm³/mol. The molecule has 0 aromatic heterocycles. The van der Waals surface area contributed by atoms with Gasteiger partial charge in [-0.3, -0.25) is 4.90 Å². The summed E-state index contributed by atoms with van der Waals surface area (Å²) in [6, 6.07) is 14.3. The summed E-state index contributed by atoms with van der Waals surface area (Å²) in [5.74, 6) is 0. The highest BCUT2D eigenvalue weighted by Crippen LogP contribution is 2.40. The van der Waals surface area contributed by atoms with E-state index in [0.29, 0.717) is 24.2 Å². The first kappa shape index (κ1) is 19.6. The molecule has 2 N–H and O–H groups in total. The normalized spacial score (nSPS) is 20.0. The van der Waals surface area contributed by atoms with Crippen molar-refractivity contribution in [3.63, 3.8) is 0 Å². The number of hydrogen-bond donors (Lipinski definition) is 2. The number of benzene rings is 2. The Kier molecular flexibility index (Phi) is 5.23. The summed E-state index contributed by atoms with van der Waals surface area (Å²) in [6.07, 6.45) is -0.0981. The van der Waals surface area contributed by atoms with Crippen LogP contribution in [0, 0.1) is 11.3 Å². The minimum atomic E-state index is -2.61. The first-order valence-corrected chi connectivity index (χ1v) is 9.66. The summed E-state index contributed by atoms with van der Waals surface area (Å²) in [5.41, 5.74) is 4.24. The molecule has 0 aliphatic carbocycles. The molecule has 152 valence electrons. The van der Waals surface area contributed by atoms with Crippen molar-refractivity contribution in [3.8, 4) is 6.07 Å². The molecule has 4 rings (SSSR count). The van der Waals surface area contributed by atoms with E-state index in [1.165, 1.54) is 23.1 Å². The van der Waals surface area contributed by atoms with Crippen molar-refractivity contribution in [2.75, 3.05) is 11.4 Å². The Hall–Kier alpha value is -3.66. The van der Waals surface area contributed by atoms with Gasteiger partial charge in [0, 0.05) is 35.5 Å². The van der Waals surface area contributed by atoms with E-state index in [1.807, 2.05) is 25.1 Å². The molecule has 0 unspecified atom stereocenters. The topological polar surface area (TPSA) is 68.2 Å². The van der Waals surface area contributed by atoms with Gasteiger partial charge in [-0.25, -0.2) is 13.6 Å². The molecule has 2 aliphatic heterocycles. The molecular formula is C23H20F2N4O. The van der Waals surface area contributed by atoms with Crippen molar-refractivity contribution >= 4 is 11.7 Å². The monoisotopic (exact) mass is 406 g/mol. The Morgan fingerprint density at radius 1 is 1.23 bits per heavy atom. The molecule has 0 radical (unpaired) electrons. The number of halogens is 2. The third-order valence-electron chi connectivity index (χ3n) is 5.35. The molecule has 1 atom stereocenters. The van der Waals surface area contributed by atoms with Crippen LogP contribution in [0.25, 0.3) is 0 Å². The van der Waals surface area contributed by atoms with Crippen LogP contribution in [0.3, 0.4) is 0 Å². The Bertz CT molecular complexity index is 1080. The second kappa shape index (κ2) is 7.99. The molecule has 0 saturated carbocycles. The Morgan fingerprint density at radius 3 is 2.67 bits per heavy atom. The summed E-state index contributed by atoms with van der Waals surface area (Å²) in [6.45, 7) is 2.54. The van der Waals surface area contributed by atoms with Crippen molar-refractivity contribution < 1.29 is 13.6 Å². The van der Waals surface area contributed by atoms with E-state index in [1.54, 1.807) is 18.2 Å². The zero-order chi connectivity index (χ0) is 21.3. The molecule has 0 spiro atoms. The number of anilines is 1. The number of carbonyl (C=O) groups excluding carboxylic acids is 1. The zero-order valence-corrected chi connectivity index (χ0v) is 16.3. The van der Waals surface area contributed by atoms with E-state index in [-0.39, 0.29) is 11.6 Å². The lowest BCUT2D eigenvalue weighted by molar-refractivity contribution is 0.151. The molecule has 2 aromatic carbocycles. The van der Waals surface area contributed by atoms with Crippen LogP contribution in [0.15, 0.2) is 71.6 Å². The molecule has 7 heteroatoms. The Labute approximate surface area is 173 Å². The van der Waals surface area contributed by atoms with Gasteiger partial charge in [-0.2, -0.15) is 5.26 Å². The summed E-state index contributed by atoms with van der Waals surface area (Å²) in [5, 5.41) is 15.4. The molecule has 2 heterocycles. The second-order valence-electron chi connectivity index (χ2n) is 7.09. The summed E-state index contributed by atoms with van der Waals surface area (Å²) < 4.78 is 26.5. The number of nitriles is 1. The molecule has 2 aliphatic rings. The highest BCUT2D eigenvalue weighted by molar-refractivity contribution is 5.98. The lowest BCUT2D eigenvalue weighted by Crippen LogP contribution is -2.50. The predicted octanol–water partition coefficient (Wildman–Crippen LogP) is 4.92. The third-order valence-corrected chi connectivity index (χ3v) is 5.35. The number of carbonyl (C=O) groups is 1. The number of nitrogens with zero attached hydrogens (tertiary/aromatic N) is 2. The largest absolute Gasteiger partial charge is 0.385 e. The Morgan fingerprint density at radius 2 is 2.00 bits per heavy atom. The standard InChI is InChI=1S/C23H20F2N4O/c1-2-18-20-19(10-11-27-18)29(17-5-3-4-16(12-17)22(24)25)23(30)28-21(20)15-8-6-14(13-26)7-9-15/h2-9,12,21-22,27H,10-11H2,1H3,(H,28,30)/t21-/m0/s1. The zero-order valence-electron chi connectivity index (χ0n) is 16.3. The van der Waals surface area contributed by atoms with Crippen molar-refractivity contribution in [2.45, 2.75) is 25.8 Å². The summed E-state index contributed by atoms with van der Waals surface area (Å²) >= 11 is 0. The average molecular weight is 406 g/mol. The van der Waals surface area contributed by atoms with Crippen LogP contribution in [-0.2, 0) is 0 Å². The molecule has 0 bridgehead atoms. The molecule has 5 nitrogen and oxygen atoms in total. The number of hydrogen-bond acceptors (Lipinski definition) is 3. The fourth-order valence-corrected chi connectivity index (χ4v) is 3.97. The van der Waals surface area contributed by atoms with Crippen molar-refractivity contribution in [1.29, 1.82) is 5.26 Å². The molecule has 0 fully saturated rings. The number of alkyl halides is 2. The van der Waals surface area contributed by atoms with Crippen molar-refractivity contribution in [3.05, 3.63) is 88.3 Å². The fraction of sp³-hybridized carbons (Fsp3) is 0.217. The summed E-state index contributed by atoms with van der Waals surface area (Å²) in [4.78, 5) is 14.6. The Balaban J connectivity index is 1.85. The van der Waals surface area contributed by atoms with E-state index in [9.17, 15) is 13.6 Å². The SMILES string of the molecule is CC=C1NCCC2=C1[C@H](c1ccc(C#N)cc1)NC(=O)N2c1cccc(C(F)F)c1. The van der Waals surface area contributed by atoms with E-state index in [2.05, 4.69) is 16.7 Å². The quantitative estimate of drug-likeness (QED) is 0.760. The number of amides is 2. The minimum Gasteiger partial charge on any atom is -0.385 e. The van der Waals surface area contributed by atoms with Crippen LogP contribution in [0.1, 0.15) is 42.5 Å². The van der Waals surface area contributed by atoms with Gasteiger partial charge in [-0.05, 0) is 36.8 Å². The van der Waals surface area contributed by atoms with Crippen LogP contribution in [-0.4, -0.2) is 12.6 Å². The van der Waals surface area contributed by atoms with Gasteiger partial charge < -0.3 is 10.6 Å². The third kappa shape index (κ3) is 3.41. The number of urea groups is 1. The van der Waals surface area contributed by atoms with Gasteiger partial charge in [-0.15, -0.1) is 0 Å². The van der Waals surface area contributed by atoms with Crippen molar-refractivity contribution in [2.24, 2.45) is 0 Å².